The predicted molar refractivity (Wildman–Crippen MR) is 92.6 cm³/mol. The Morgan fingerprint density at radius 3 is 2.31 bits per heavy atom. The van der Waals surface area contributed by atoms with Crippen molar-refractivity contribution in [3.05, 3.63) is 53.3 Å². The summed E-state index contributed by atoms with van der Waals surface area (Å²) >= 11 is 0. The summed E-state index contributed by atoms with van der Waals surface area (Å²) in [6, 6.07) is 1.97. The molecular weight excluding hydrogens is 399 g/mol. The fourth-order valence-electron chi connectivity index (χ4n) is 3.18. The molecule has 1 fully saturated rings. The Labute approximate surface area is 163 Å². The number of ether oxygens (including phenoxy) is 1. The maximum atomic E-state index is 13.6. The van der Waals surface area contributed by atoms with Crippen LogP contribution in [0.5, 0.6) is 0 Å². The number of imide groups is 1. The summed E-state index contributed by atoms with van der Waals surface area (Å²) in [6.07, 6.45) is -1.98. The fourth-order valence-corrected chi connectivity index (χ4v) is 3.18. The molecule has 1 heterocycles. The number of hydrogen-bond donors (Lipinski definition) is 0. The van der Waals surface area contributed by atoms with E-state index in [1.165, 1.54) is 30.9 Å². The number of carbonyl (C=O) groups is 2. The van der Waals surface area contributed by atoms with E-state index in [0.717, 1.165) is 23.1 Å². The summed E-state index contributed by atoms with van der Waals surface area (Å²) in [4.78, 5) is 27.6. The predicted octanol–water partition coefficient (Wildman–Crippen LogP) is 4.65. The van der Waals surface area contributed by atoms with Crippen molar-refractivity contribution in [1.29, 1.82) is 0 Å². The van der Waals surface area contributed by atoms with Gasteiger partial charge in [0.1, 0.15) is 11.3 Å². The minimum Gasteiger partial charge on any atom is -0.410 e. The highest BCUT2D eigenvalue weighted by molar-refractivity contribution is 6.23. The van der Waals surface area contributed by atoms with Crippen LogP contribution in [0.2, 0.25) is 0 Å². The number of alkyl halides is 3. The van der Waals surface area contributed by atoms with E-state index in [0.29, 0.717) is 5.57 Å². The number of halogens is 5. The molecule has 0 aromatic heterocycles. The van der Waals surface area contributed by atoms with Crippen LogP contribution < -0.4 is 4.90 Å². The van der Waals surface area contributed by atoms with Gasteiger partial charge >= 0.3 is 12.4 Å². The van der Waals surface area contributed by atoms with Crippen LogP contribution >= 0.6 is 0 Å². The van der Waals surface area contributed by atoms with Crippen molar-refractivity contribution in [2.75, 3.05) is 11.4 Å². The minimum atomic E-state index is -4.78. The van der Waals surface area contributed by atoms with Gasteiger partial charge in [-0.05, 0) is 38.5 Å². The van der Waals surface area contributed by atoms with E-state index in [2.05, 4.69) is 4.74 Å². The van der Waals surface area contributed by atoms with Gasteiger partial charge in [0.05, 0.1) is 5.69 Å². The van der Waals surface area contributed by atoms with Gasteiger partial charge < -0.3 is 9.64 Å². The average Bonchev–Trinajstić information content (AvgIpc) is 2.78. The molecule has 29 heavy (non-hydrogen) atoms. The number of urea groups is 1. The SMILES string of the molecule is CC1(C)C(=O)N(c2ccc(F)c(F)c2)C(=O)N1CC1=CC=C(OC(F)(F)F)CC1. The largest absolute Gasteiger partial charge is 0.572 e. The third kappa shape index (κ3) is 4.10. The second-order valence-corrected chi connectivity index (χ2v) is 7.17. The number of nitrogens with zero attached hydrogens (tertiary/aromatic N) is 2. The quantitative estimate of drug-likeness (QED) is 0.530. The number of hydrogen-bond acceptors (Lipinski definition) is 3. The Bertz CT molecular complexity index is 921. The van der Waals surface area contributed by atoms with Gasteiger partial charge in [0.25, 0.3) is 5.91 Å². The molecule has 0 unspecified atom stereocenters. The first-order valence-corrected chi connectivity index (χ1v) is 8.66. The topological polar surface area (TPSA) is 49.9 Å². The summed E-state index contributed by atoms with van der Waals surface area (Å²) < 4.78 is 67.5. The molecule has 1 aromatic carbocycles. The van der Waals surface area contributed by atoms with Crippen molar-refractivity contribution in [2.24, 2.45) is 0 Å². The first-order valence-electron chi connectivity index (χ1n) is 8.66. The third-order valence-corrected chi connectivity index (χ3v) is 4.79. The van der Waals surface area contributed by atoms with Crippen LogP contribution in [0.1, 0.15) is 26.7 Å². The first-order chi connectivity index (χ1) is 13.4. The highest BCUT2D eigenvalue weighted by Crippen LogP contribution is 2.34. The van der Waals surface area contributed by atoms with Crippen molar-refractivity contribution in [3.8, 4) is 0 Å². The molecule has 1 aliphatic carbocycles. The number of allylic oxidation sites excluding steroid dienone is 3. The molecule has 0 bridgehead atoms. The van der Waals surface area contributed by atoms with Crippen molar-refractivity contribution >= 4 is 17.6 Å². The molecule has 0 N–H and O–H groups in total. The van der Waals surface area contributed by atoms with E-state index in [1.54, 1.807) is 0 Å². The van der Waals surface area contributed by atoms with Crippen molar-refractivity contribution < 1.29 is 36.3 Å². The highest BCUT2D eigenvalue weighted by atomic mass is 19.4. The first kappa shape index (κ1) is 20.8. The lowest BCUT2D eigenvalue weighted by molar-refractivity contribution is -0.306. The Morgan fingerprint density at radius 1 is 1.07 bits per heavy atom. The van der Waals surface area contributed by atoms with E-state index in [9.17, 15) is 31.5 Å². The third-order valence-electron chi connectivity index (χ3n) is 4.79. The number of anilines is 1. The molecular formula is C19H17F5N2O3. The van der Waals surface area contributed by atoms with Crippen LogP contribution in [-0.4, -0.2) is 35.3 Å². The summed E-state index contributed by atoms with van der Waals surface area (Å²) in [5.74, 6) is -3.18. The van der Waals surface area contributed by atoms with Crippen molar-refractivity contribution in [2.45, 2.75) is 38.6 Å². The van der Waals surface area contributed by atoms with Gasteiger partial charge in [0.15, 0.2) is 11.6 Å². The Hall–Kier alpha value is -2.91. The van der Waals surface area contributed by atoms with Gasteiger partial charge in [-0.1, -0.05) is 11.6 Å². The lowest BCUT2D eigenvalue weighted by Crippen LogP contribution is -2.45. The number of benzene rings is 1. The molecule has 3 amide bonds. The molecule has 1 aromatic rings. The number of carbonyl (C=O) groups excluding carboxylic acids is 2. The van der Waals surface area contributed by atoms with E-state index >= 15 is 0 Å². The van der Waals surface area contributed by atoms with Gasteiger partial charge in [-0.25, -0.2) is 18.5 Å². The van der Waals surface area contributed by atoms with Gasteiger partial charge in [-0.15, -0.1) is 13.2 Å². The maximum Gasteiger partial charge on any atom is 0.572 e. The number of amides is 3. The molecule has 10 heteroatoms. The van der Waals surface area contributed by atoms with Crippen molar-refractivity contribution in [1.82, 2.24) is 4.90 Å². The summed E-state index contributed by atoms with van der Waals surface area (Å²) in [6.45, 7) is 3.00. The van der Waals surface area contributed by atoms with Crippen LogP contribution in [-0.2, 0) is 9.53 Å². The maximum absolute atomic E-state index is 13.6. The average molecular weight is 416 g/mol. The molecule has 0 saturated carbocycles. The van der Waals surface area contributed by atoms with Crippen LogP contribution in [0.3, 0.4) is 0 Å². The summed E-state index contributed by atoms with van der Waals surface area (Å²) in [5, 5.41) is 0. The zero-order valence-electron chi connectivity index (χ0n) is 15.5. The zero-order valence-corrected chi connectivity index (χ0v) is 15.5. The van der Waals surface area contributed by atoms with E-state index < -0.39 is 35.5 Å². The number of rotatable bonds is 4. The summed E-state index contributed by atoms with van der Waals surface area (Å²) in [5.41, 5.74) is -0.761. The molecule has 1 saturated heterocycles. The summed E-state index contributed by atoms with van der Waals surface area (Å²) in [7, 11) is 0. The van der Waals surface area contributed by atoms with E-state index in [-0.39, 0.29) is 30.8 Å². The second-order valence-electron chi connectivity index (χ2n) is 7.17. The Kier molecular flexibility index (Phi) is 5.14. The van der Waals surface area contributed by atoms with Crippen LogP contribution in [0.25, 0.3) is 0 Å². The lowest BCUT2D eigenvalue weighted by Gasteiger charge is -2.29. The molecule has 0 radical (unpaired) electrons. The van der Waals surface area contributed by atoms with E-state index in [4.69, 9.17) is 0 Å². The normalized spacial score (nSPS) is 19.4. The van der Waals surface area contributed by atoms with Gasteiger partial charge in [0.2, 0.25) is 0 Å². The van der Waals surface area contributed by atoms with Gasteiger partial charge in [-0.3, -0.25) is 4.79 Å². The Balaban J connectivity index is 1.82. The molecule has 0 atom stereocenters. The zero-order chi connectivity index (χ0) is 21.6. The molecule has 1 aliphatic heterocycles. The minimum absolute atomic E-state index is 0.00532. The van der Waals surface area contributed by atoms with Crippen LogP contribution in [0, 0.1) is 11.6 Å². The molecule has 2 aliphatic rings. The van der Waals surface area contributed by atoms with Crippen molar-refractivity contribution in [3.63, 3.8) is 0 Å². The monoisotopic (exact) mass is 416 g/mol. The molecule has 5 nitrogen and oxygen atoms in total. The second kappa shape index (κ2) is 7.16. The highest BCUT2D eigenvalue weighted by Gasteiger charge is 2.52. The van der Waals surface area contributed by atoms with Crippen LogP contribution in [0.15, 0.2) is 41.7 Å². The molecule has 3 rings (SSSR count). The lowest BCUT2D eigenvalue weighted by atomic mass is 9.99. The molecule has 156 valence electrons. The van der Waals surface area contributed by atoms with Gasteiger partial charge in [-0.2, -0.15) is 0 Å². The molecule has 0 spiro atoms. The standard InChI is InChI=1S/C19H17F5N2O3/c1-18(2)16(27)26(12-5-8-14(20)15(21)9-12)17(28)25(18)10-11-3-6-13(7-4-11)29-19(22,23)24/h3,5-6,8-9H,4,7,10H2,1-2H3. The van der Waals surface area contributed by atoms with Crippen LogP contribution in [0.4, 0.5) is 32.4 Å². The van der Waals surface area contributed by atoms with E-state index in [1.807, 2.05) is 0 Å². The smallest absolute Gasteiger partial charge is 0.410 e. The fraction of sp³-hybridized carbons (Fsp3) is 0.368. The van der Waals surface area contributed by atoms with Gasteiger partial charge in [0, 0.05) is 19.0 Å². The Morgan fingerprint density at radius 2 is 1.76 bits per heavy atom.